The van der Waals surface area contributed by atoms with Crippen molar-refractivity contribution in [2.24, 2.45) is 0 Å². The quantitative estimate of drug-likeness (QED) is 0.128. The SMILES string of the molecule is COc1cc(/C=C2/SC(=O)N(CC(=O)N3CCN(c4ccccc4)CC3)C2=O)cc(I)c1OCc1cccc([N+](=O)[O-])c1. The third kappa shape index (κ3) is 7.10. The number of anilines is 1. The summed E-state index contributed by atoms with van der Waals surface area (Å²) in [6.45, 7) is 2.13. The number of hydrogen-bond donors (Lipinski definition) is 0. The molecule has 3 amide bonds. The van der Waals surface area contributed by atoms with Crippen molar-refractivity contribution in [3.05, 3.63) is 96.4 Å². The fourth-order valence-corrected chi connectivity index (χ4v) is 6.37. The minimum Gasteiger partial charge on any atom is -0.493 e. The number of non-ortho nitro benzene ring substituents is 1. The van der Waals surface area contributed by atoms with Crippen LogP contribution in [0.15, 0.2) is 71.6 Å². The predicted octanol–water partition coefficient (Wildman–Crippen LogP) is 5.17. The molecule has 0 atom stereocenters. The standard InChI is InChI=1S/C30H27IN4O7S/c1-41-25-16-21(15-24(31)28(25)42-19-20-6-5-9-23(14-20)35(39)40)17-26-29(37)34(30(38)43-26)18-27(36)33-12-10-32(11-13-33)22-7-3-2-4-8-22/h2-9,14-17H,10-13,18-19H2,1H3/b26-17+. The van der Waals surface area contributed by atoms with E-state index in [1.807, 2.05) is 30.3 Å². The highest BCUT2D eigenvalue weighted by molar-refractivity contribution is 14.1. The summed E-state index contributed by atoms with van der Waals surface area (Å²) >= 11 is 2.86. The van der Waals surface area contributed by atoms with Crippen molar-refractivity contribution in [3.63, 3.8) is 0 Å². The van der Waals surface area contributed by atoms with E-state index in [1.165, 1.54) is 19.2 Å². The summed E-state index contributed by atoms with van der Waals surface area (Å²) in [6, 6.07) is 19.6. The van der Waals surface area contributed by atoms with Crippen LogP contribution in [0.1, 0.15) is 11.1 Å². The minimum atomic E-state index is -0.522. The normalized spacial score (nSPS) is 16.1. The lowest BCUT2D eigenvalue weighted by Gasteiger charge is -2.36. The highest BCUT2D eigenvalue weighted by Gasteiger charge is 2.37. The zero-order chi connectivity index (χ0) is 30.5. The van der Waals surface area contributed by atoms with E-state index in [4.69, 9.17) is 9.47 Å². The van der Waals surface area contributed by atoms with Crippen molar-refractivity contribution < 1.29 is 28.8 Å². The Morgan fingerprint density at radius 2 is 1.79 bits per heavy atom. The van der Waals surface area contributed by atoms with Gasteiger partial charge in [-0.05, 0) is 75.8 Å². The average Bonchev–Trinajstić information content (AvgIpc) is 3.27. The molecule has 0 N–H and O–H groups in total. The van der Waals surface area contributed by atoms with E-state index in [0.717, 1.165) is 22.3 Å². The lowest BCUT2D eigenvalue weighted by molar-refractivity contribution is -0.384. The Labute approximate surface area is 265 Å². The number of benzene rings is 3. The monoisotopic (exact) mass is 714 g/mol. The van der Waals surface area contributed by atoms with Gasteiger partial charge in [0.05, 0.1) is 20.5 Å². The second-order valence-electron chi connectivity index (χ2n) is 9.72. The van der Waals surface area contributed by atoms with Gasteiger partial charge in [-0.3, -0.25) is 29.4 Å². The van der Waals surface area contributed by atoms with Gasteiger partial charge in [-0.1, -0.05) is 30.3 Å². The van der Waals surface area contributed by atoms with E-state index < -0.39 is 16.1 Å². The lowest BCUT2D eigenvalue weighted by atomic mass is 10.1. The zero-order valence-electron chi connectivity index (χ0n) is 23.1. The number of carbonyl (C=O) groups excluding carboxylic acids is 3. The van der Waals surface area contributed by atoms with Gasteiger partial charge in [-0.2, -0.15) is 0 Å². The molecule has 13 heteroatoms. The molecule has 3 aromatic carbocycles. The minimum absolute atomic E-state index is 0.0283. The number of thioether (sulfide) groups is 1. The van der Waals surface area contributed by atoms with Gasteiger partial charge in [-0.15, -0.1) is 0 Å². The van der Waals surface area contributed by atoms with Crippen molar-refractivity contribution >= 4 is 68.9 Å². The van der Waals surface area contributed by atoms with E-state index in [1.54, 1.807) is 35.2 Å². The van der Waals surface area contributed by atoms with Gasteiger partial charge >= 0.3 is 0 Å². The Bertz CT molecular complexity index is 1590. The first-order valence-electron chi connectivity index (χ1n) is 13.3. The molecule has 5 rings (SSSR count). The van der Waals surface area contributed by atoms with Gasteiger partial charge < -0.3 is 19.3 Å². The Morgan fingerprint density at radius 1 is 1.05 bits per heavy atom. The summed E-state index contributed by atoms with van der Waals surface area (Å²) in [5.41, 5.74) is 2.30. The third-order valence-electron chi connectivity index (χ3n) is 6.97. The molecule has 222 valence electrons. The van der Waals surface area contributed by atoms with E-state index in [-0.39, 0.29) is 29.7 Å². The molecule has 0 spiro atoms. The topological polar surface area (TPSA) is 123 Å². The molecule has 0 aromatic heterocycles. The Morgan fingerprint density at radius 3 is 2.49 bits per heavy atom. The first-order chi connectivity index (χ1) is 20.7. The number of nitro groups is 1. The first-order valence-corrected chi connectivity index (χ1v) is 15.2. The molecule has 0 unspecified atom stereocenters. The summed E-state index contributed by atoms with van der Waals surface area (Å²) in [5, 5.41) is 10.6. The summed E-state index contributed by atoms with van der Waals surface area (Å²) in [7, 11) is 1.48. The van der Waals surface area contributed by atoms with Crippen LogP contribution in [0.3, 0.4) is 0 Å². The van der Waals surface area contributed by atoms with E-state index >= 15 is 0 Å². The van der Waals surface area contributed by atoms with Gasteiger partial charge in [0.25, 0.3) is 16.8 Å². The predicted molar refractivity (Wildman–Crippen MR) is 171 cm³/mol. The van der Waals surface area contributed by atoms with Crippen LogP contribution in [0.5, 0.6) is 11.5 Å². The van der Waals surface area contributed by atoms with E-state index in [2.05, 4.69) is 27.5 Å². The molecule has 11 nitrogen and oxygen atoms in total. The fourth-order valence-electron chi connectivity index (χ4n) is 4.75. The number of nitrogens with zero attached hydrogens (tertiary/aromatic N) is 4. The first kappa shape index (κ1) is 30.4. The molecule has 3 aromatic rings. The zero-order valence-corrected chi connectivity index (χ0v) is 26.1. The summed E-state index contributed by atoms with van der Waals surface area (Å²) in [4.78, 5) is 54.6. The number of para-hydroxylation sites is 1. The number of rotatable bonds is 9. The summed E-state index contributed by atoms with van der Waals surface area (Å²) < 4.78 is 12.1. The maximum atomic E-state index is 13.1. The summed E-state index contributed by atoms with van der Waals surface area (Å²) in [6.07, 6.45) is 1.59. The maximum Gasteiger partial charge on any atom is 0.294 e. The number of carbonyl (C=O) groups is 3. The van der Waals surface area contributed by atoms with Crippen molar-refractivity contribution in [2.75, 3.05) is 44.7 Å². The molecule has 0 radical (unpaired) electrons. The largest absolute Gasteiger partial charge is 0.493 e. The number of ether oxygens (including phenoxy) is 2. The molecule has 0 bridgehead atoms. The maximum absolute atomic E-state index is 13.1. The smallest absolute Gasteiger partial charge is 0.294 e. The van der Waals surface area contributed by atoms with Gasteiger partial charge in [0.2, 0.25) is 5.91 Å². The van der Waals surface area contributed by atoms with E-state index in [0.29, 0.717) is 52.4 Å². The van der Waals surface area contributed by atoms with Crippen LogP contribution in [-0.2, 0) is 16.2 Å². The lowest BCUT2D eigenvalue weighted by Crippen LogP contribution is -2.51. The molecular formula is C30H27IN4O7S. The van der Waals surface area contributed by atoms with Crippen LogP contribution in [-0.4, -0.2) is 71.6 Å². The molecule has 2 aliphatic heterocycles. The average molecular weight is 715 g/mol. The van der Waals surface area contributed by atoms with Crippen LogP contribution < -0.4 is 14.4 Å². The third-order valence-corrected chi connectivity index (χ3v) is 8.68. The molecular weight excluding hydrogens is 687 g/mol. The van der Waals surface area contributed by atoms with Gasteiger partial charge in [-0.25, -0.2) is 0 Å². The molecule has 2 fully saturated rings. The van der Waals surface area contributed by atoms with Gasteiger partial charge in [0.15, 0.2) is 11.5 Å². The van der Waals surface area contributed by atoms with Crippen LogP contribution in [0.25, 0.3) is 6.08 Å². The van der Waals surface area contributed by atoms with Gasteiger partial charge in [0, 0.05) is 44.0 Å². The van der Waals surface area contributed by atoms with Crippen LogP contribution >= 0.6 is 34.4 Å². The highest BCUT2D eigenvalue weighted by Crippen LogP contribution is 2.38. The Kier molecular flexibility index (Phi) is 9.50. The number of methoxy groups -OCH3 is 1. The molecule has 2 saturated heterocycles. The van der Waals surface area contributed by atoms with Crippen molar-refractivity contribution in [3.8, 4) is 11.5 Å². The van der Waals surface area contributed by atoms with E-state index in [9.17, 15) is 24.5 Å². The second kappa shape index (κ2) is 13.5. The van der Waals surface area contributed by atoms with Crippen molar-refractivity contribution in [2.45, 2.75) is 6.61 Å². The molecule has 0 aliphatic carbocycles. The van der Waals surface area contributed by atoms with Crippen LogP contribution in [0.2, 0.25) is 0 Å². The molecule has 43 heavy (non-hydrogen) atoms. The fraction of sp³-hybridized carbons (Fsp3) is 0.233. The number of hydrogen-bond acceptors (Lipinski definition) is 9. The highest BCUT2D eigenvalue weighted by atomic mass is 127. The van der Waals surface area contributed by atoms with Crippen LogP contribution in [0.4, 0.5) is 16.2 Å². The number of amides is 3. The van der Waals surface area contributed by atoms with Crippen molar-refractivity contribution in [1.82, 2.24) is 9.80 Å². The molecule has 2 heterocycles. The number of piperazine rings is 1. The summed E-state index contributed by atoms with van der Waals surface area (Å²) in [5.74, 6) is 0.0504. The Balaban J connectivity index is 1.23. The molecule has 0 saturated carbocycles. The van der Waals surface area contributed by atoms with Crippen LogP contribution in [0, 0.1) is 13.7 Å². The Hall–Kier alpha value is -4.11. The second-order valence-corrected chi connectivity index (χ2v) is 11.9. The molecule has 2 aliphatic rings. The number of nitro benzene ring substituents is 1. The van der Waals surface area contributed by atoms with Crippen molar-refractivity contribution in [1.29, 1.82) is 0 Å². The van der Waals surface area contributed by atoms with Gasteiger partial charge in [0.1, 0.15) is 13.2 Å². The number of imide groups is 1. The number of halogens is 1.